The van der Waals surface area contributed by atoms with Crippen molar-refractivity contribution in [3.8, 4) is 0 Å². The molecule has 7 nitrogen and oxygen atoms in total. The summed E-state index contributed by atoms with van der Waals surface area (Å²) in [5.74, 6) is -1.03. The van der Waals surface area contributed by atoms with Crippen molar-refractivity contribution in [2.24, 2.45) is 5.92 Å². The Morgan fingerprint density at radius 1 is 1.11 bits per heavy atom. The summed E-state index contributed by atoms with van der Waals surface area (Å²) in [6.45, 7) is 1.97. The van der Waals surface area contributed by atoms with Gasteiger partial charge < -0.3 is 10.1 Å². The first-order valence-electron chi connectivity index (χ1n) is 9.87. The van der Waals surface area contributed by atoms with Crippen molar-refractivity contribution in [2.75, 3.05) is 13.2 Å². The maximum Gasteiger partial charge on any atom is 0.306 e. The molecule has 1 aliphatic carbocycles. The molecular formula is C21H26N2O5. The van der Waals surface area contributed by atoms with E-state index in [2.05, 4.69) is 12.2 Å². The number of carbonyl (C=O) groups excluding carboxylic acids is 4. The molecule has 0 spiro atoms. The molecule has 0 aromatic heterocycles. The van der Waals surface area contributed by atoms with E-state index in [1.54, 1.807) is 24.3 Å². The Hall–Kier alpha value is -2.70. The maximum atomic E-state index is 12.2. The Morgan fingerprint density at radius 2 is 1.75 bits per heavy atom. The second kappa shape index (κ2) is 8.99. The first-order valence-corrected chi connectivity index (χ1v) is 9.87. The Bertz CT molecular complexity index is 741. The molecule has 1 aromatic carbocycles. The van der Waals surface area contributed by atoms with E-state index in [1.807, 2.05) is 0 Å². The second-order valence-electron chi connectivity index (χ2n) is 7.51. The third-order valence-corrected chi connectivity index (χ3v) is 5.46. The minimum absolute atomic E-state index is 0.0422. The van der Waals surface area contributed by atoms with Crippen molar-refractivity contribution in [3.63, 3.8) is 0 Å². The molecule has 2 atom stereocenters. The van der Waals surface area contributed by atoms with E-state index in [-0.39, 0.29) is 43.3 Å². The number of rotatable bonds is 7. The Morgan fingerprint density at radius 3 is 2.39 bits per heavy atom. The largest absolute Gasteiger partial charge is 0.456 e. The summed E-state index contributed by atoms with van der Waals surface area (Å²) in [7, 11) is 0. The molecule has 2 aliphatic rings. The lowest BCUT2D eigenvalue weighted by Crippen LogP contribution is -2.42. The van der Waals surface area contributed by atoms with E-state index in [0.717, 1.165) is 24.2 Å². The molecule has 3 rings (SSSR count). The molecule has 0 unspecified atom stereocenters. The fourth-order valence-electron chi connectivity index (χ4n) is 3.82. The fraction of sp³-hybridized carbons (Fsp3) is 0.524. The molecule has 1 N–H and O–H groups in total. The number of fused-ring (bicyclic) bond motifs is 1. The van der Waals surface area contributed by atoms with Crippen LogP contribution in [0, 0.1) is 5.92 Å². The molecule has 1 fully saturated rings. The van der Waals surface area contributed by atoms with Crippen LogP contribution in [0.5, 0.6) is 0 Å². The van der Waals surface area contributed by atoms with Gasteiger partial charge in [0.15, 0.2) is 6.61 Å². The molecule has 0 saturated heterocycles. The van der Waals surface area contributed by atoms with Crippen LogP contribution in [-0.2, 0) is 14.3 Å². The number of ether oxygens (including phenoxy) is 1. The van der Waals surface area contributed by atoms with Gasteiger partial charge in [-0.2, -0.15) is 0 Å². The predicted molar refractivity (Wildman–Crippen MR) is 102 cm³/mol. The molecule has 28 heavy (non-hydrogen) atoms. The molecule has 3 amide bonds. The first-order chi connectivity index (χ1) is 13.5. The molecule has 1 saturated carbocycles. The molecule has 7 heteroatoms. The summed E-state index contributed by atoms with van der Waals surface area (Å²) < 4.78 is 5.02. The van der Waals surface area contributed by atoms with Crippen molar-refractivity contribution >= 4 is 23.7 Å². The normalized spacial score (nSPS) is 21.4. The van der Waals surface area contributed by atoms with Gasteiger partial charge in [-0.15, -0.1) is 0 Å². The van der Waals surface area contributed by atoms with Crippen molar-refractivity contribution in [3.05, 3.63) is 35.4 Å². The quantitative estimate of drug-likeness (QED) is 0.573. The minimum atomic E-state index is -0.511. The lowest BCUT2D eigenvalue weighted by atomic mass is 9.86. The van der Waals surface area contributed by atoms with E-state index in [9.17, 15) is 19.2 Å². The number of esters is 1. The number of hydrogen-bond donors (Lipinski definition) is 1. The lowest BCUT2D eigenvalue weighted by molar-refractivity contribution is -0.149. The van der Waals surface area contributed by atoms with Crippen molar-refractivity contribution in [1.29, 1.82) is 0 Å². The highest BCUT2D eigenvalue weighted by Crippen LogP contribution is 2.24. The summed E-state index contributed by atoms with van der Waals surface area (Å²) in [6, 6.07) is 6.81. The number of carbonyl (C=O) groups is 4. The third-order valence-electron chi connectivity index (χ3n) is 5.46. The van der Waals surface area contributed by atoms with E-state index < -0.39 is 5.97 Å². The number of benzene rings is 1. The Balaban J connectivity index is 1.36. The SMILES string of the molecule is C[C@H]1CCCC[C@H]1NC(=O)COC(=O)CCCN1C(=O)c2ccccc2C1=O. The molecular weight excluding hydrogens is 360 g/mol. The predicted octanol–water partition coefficient (Wildman–Crippen LogP) is 2.30. The van der Waals surface area contributed by atoms with Crippen LogP contribution in [-0.4, -0.2) is 47.8 Å². The maximum absolute atomic E-state index is 12.2. The number of hydrogen-bond acceptors (Lipinski definition) is 5. The minimum Gasteiger partial charge on any atom is -0.456 e. The standard InChI is InChI=1S/C21H26N2O5/c1-14-7-2-5-10-17(14)22-18(24)13-28-19(25)11-6-12-23-20(26)15-8-3-4-9-16(15)21(23)27/h3-4,8-9,14,17H,2,5-7,10-13H2,1H3,(H,22,24)/t14-,17+/m0/s1. The lowest BCUT2D eigenvalue weighted by Gasteiger charge is -2.29. The summed E-state index contributed by atoms with van der Waals surface area (Å²) in [5.41, 5.74) is 0.785. The van der Waals surface area contributed by atoms with E-state index in [0.29, 0.717) is 23.5 Å². The summed E-state index contributed by atoms with van der Waals surface area (Å²) in [5, 5.41) is 2.93. The Labute approximate surface area is 164 Å². The number of nitrogens with zero attached hydrogens (tertiary/aromatic N) is 1. The second-order valence-corrected chi connectivity index (χ2v) is 7.51. The fourth-order valence-corrected chi connectivity index (χ4v) is 3.82. The van der Waals surface area contributed by atoms with Gasteiger partial charge in [-0.1, -0.05) is 31.9 Å². The van der Waals surface area contributed by atoms with E-state index in [4.69, 9.17) is 4.74 Å². The highest BCUT2D eigenvalue weighted by Gasteiger charge is 2.34. The van der Waals surface area contributed by atoms with Gasteiger partial charge in [0.05, 0.1) is 11.1 Å². The van der Waals surface area contributed by atoms with Crippen molar-refractivity contribution in [1.82, 2.24) is 10.2 Å². The van der Waals surface area contributed by atoms with Crippen LogP contribution in [0.3, 0.4) is 0 Å². The molecule has 0 radical (unpaired) electrons. The van der Waals surface area contributed by atoms with Gasteiger partial charge in [0.25, 0.3) is 17.7 Å². The summed E-state index contributed by atoms with van der Waals surface area (Å²) >= 11 is 0. The van der Waals surface area contributed by atoms with Gasteiger partial charge in [-0.05, 0) is 37.3 Å². The van der Waals surface area contributed by atoms with Gasteiger partial charge in [0.1, 0.15) is 0 Å². The van der Waals surface area contributed by atoms with Gasteiger partial charge in [0, 0.05) is 19.0 Å². The third kappa shape index (κ3) is 4.58. The van der Waals surface area contributed by atoms with Crippen LogP contribution < -0.4 is 5.32 Å². The van der Waals surface area contributed by atoms with Gasteiger partial charge >= 0.3 is 5.97 Å². The van der Waals surface area contributed by atoms with Crippen molar-refractivity contribution in [2.45, 2.75) is 51.5 Å². The molecule has 0 bridgehead atoms. The zero-order valence-corrected chi connectivity index (χ0v) is 16.1. The van der Waals surface area contributed by atoms with Crippen LogP contribution in [0.15, 0.2) is 24.3 Å². The van der Waals surface area contributed by atoms with Crippen LogP contribution in [0.25, 0.3) is 0 Å². The summed E-state index contributed by atoms with van der Waals surface area (Å²) in [4.78, 5) is 49.5. The van der Waals surface area contributed by atoms with Gasteiger partial charge in [-0.25, -0.2) is 0 Å². The molecule has 1 aliphatic heterocycles. The highest BCUT2D eigenvalue weighted by atomic mass is 16.5. The number of amides is 3. The summed E-state index contributed by atoms with van der Waals surface area (Å²) in [6.07, 6.45) is 4.69. The number of imide groups is 1. The first kappa shape index (κ1) is 20.0. The Kier molecular flexibility index (Phi) is 6.44. The molecule has 150 valence electrons. The van der Waals surface area contributed by atoms with E-state index >= 15 is 0 Å². The van der Waals surface area contributed by atoms with Crippen molar-refractivity contribution < 1.29 is 23.9 Å². The van der Waals surface area contributed by atoms with Crippen LogP contribution in [0.4, 0.5) is 0 Å². The molecule has 1 heterocycles. The van der Waals surface area contributed by atoms with Gasteiger partial charge in [0.2, 0.25) is 0 Å². The van der Waals surface area contributed by atoms with Crippen LogP contribution >= 0.6 is 0 Å². The average Bonchev–Trinajstić information content (AvgIpc) is 2.93. The zero-order chi connectivity index (χ0) is 20.1. The highest BCUT2D eigenvalue weighted by molar-refractivity contribution is 6.21. The van der Waals surface area contributed by atoms with E-state index in [1.165, 1.54) is 6.42 Å². The average molecular weight is 386 g/mol. The smallest absolute Gasteiger partial charge is 0.306 e. The number of nitrogens with one attached hydrogen (secondary N) is 1. The topological polar surface area (TPSA) is 92.8 Å². The van der Waals surface area contributed by atoms with Crippen LogP contribution in [0.2, 0.25) is 0 Å². The zero-order valence-electron chi connectivity index (χ0n) is 16.1. The van der Waals surface area contributed by atoms with Crippen LogP contribution in [0.1, 0.15) is 66.2 Å². The van der Waals surface area contributed by atoms with Gasteiger partial charge in [-0.3, -0.25) is 24.1 Å². The molecule has 1 aromatic rings. The monoisotopic (exact) mass is 386 g/mol.